The number of carbonyl (C=O) groups excluding carboxylic acids is 2. The van der Waals surface area contributed by atoms with Crippen LogP contribution in [0.25, 0.3) is 5.69 Å². The van der Waals surface area contributed by atoms with E-state index in [4.69, 9.17) is 23.2 Å². The van der Waals surface area contributed by atoms with Crippen molar-refractivity contribution in [3.63, 3.8) is 0 Å². The molecule has 0 aliphatic carbocycles. The highest BCUT2D eigenvalue weighted by atomic mass is 35.5. The molecule has 2 heterocycles. The second-order valence-corrected chi connectivity index (χ2v) is 8.80. The van der Waals surface area contributed by atoms with Crippen LogP contribution in [0.4, 0.5) is 0 Å². The van der Waals surface area contributed by atoms with E-state index in [2.05, 4.69) is 10.1 Å². The summed E-state index contributed by atoms with van der Waals surface area (Å²) in [5, 5.41) is 5.31. The molecule has 3 aromatic rings. The van der Waals surface area contributed by atoms with Gasteiger partial charge in [0.15, 0.2) is 5.78 Å². The van der Waals surface area contributed by atoms with E-state index in [1.54, 1.807) is 27.8 Å². The van der Waals surface area contributed by atoms with Gasteiger partial charge in [-0.05, 0) is 31.9 Å². The Kier molecular flexibility index (Phi) is 6.63. The van der Waals surface area contributed by atoms with Gasteiger partial charge >= 0.3 is 0 Å². The SMILES string of the molecule is CCc1nc(C(=O)N2CCC(C(=O)c3ccc(C)cc3)CC2)nn1-c1c(Cl)cccc1Cl. The number of aromatic nitrogens is 3. The number of likely N-dealkylation sites (tertiary alicyclic amines) is 1. The number of hydrogen-bond donors (Lipinski definition) is 0. The third kappa shape index (κ3) is 4.43. The summed E-state index contributed by atoms with van der Waals surface area (Å²) in [7, 11) is 0. The number of carbonyl (C=O) groups is 2. The van der Waals surface area contributed by atoms with Gasteiger partial charge in [-0.15, -0.1) is 5.10 Å². The second kappa shape index (κ2) is 9.43. The summed E-state index contributed by atoms with van der Waals surface area (Å²) in [6, 6.07) is 12.8. The maximum Gasteiger partial charge on any atom is 0.293 e. The summed E-state index contributed by atoms with van der Waals surface area (Å²) < 4.78 is 1.55. The van der Waals surface area contributed by atoms with Crippen LogP contribution in [0.3, 0.4) is 0 Å². The van der Waals surface area contributed by atoms with E-state index in [9.17, 15) is 9.59 Å². The van der Waals surface area contributed by atoms with Crippen molar-refractivity contribution in [2.45, 2.75) is 33.1 Å². The highest BCUT2D eigenvalue weighted by Gasteiger charge is 2.30. The van der Waals surface area contributed by atoms with E-state index >= 15 is 0 Å². The third-order valence-corrected chi connectivity index (χ3v) is 6.43. The van der Waals surface area contributed by atoms with Crippen LogP contribution in [-0.2, 0) is 6.42 Å². The van der Waals surface area contributed by atoms with Gasteiger partial charge in [0.2, 0.25) is 5.82 Å². The molecule has 2 aromatic carbocycles. The van der Waals surface area contributed by atoms with Crippen LogP contribution in [0.1, 0.15) is 52.1 Å². The molecule has 0 unspecified atom stereocenters. The predicted octanol–water partition coefficient (Wildman–Crippen LogP) is 5.18. The van der Waals surface area contributed by atoms with Gasteiger partial charge < -0.3 is 4.90 Å². The number of piperidine rings is 1. The van der Waals surface area contributed by atoms with E-state index in [0.29, 0.717) is 53.9 Å². The number of Topliss-reactive ketones (excluding diaryl/α,β-unsaturated/α-hetero) is 1. The van der Waals surface area contributed by atoms with Gasteiger partial charge in [-0.1, -0.05) is 66.0 Å². The summed E-state index contributed by atoms with van der Waals surface area (Å²) in [5.74, 6) is 0.526. The summed E-state index contributed by atoms with van der Waals surface area (Å²) >= 11 is 12.7. The Bertz CT molecular complexity index is 1130. The first-order valence-electron chi connectivity index (χ1n) is 10.7. The molecule has 0 radical (unpaired) electrons. The fourth-order valence-corrected chi connectivity index (χ4v) is 4.53. The van der Waals surface area contributed by atoms with Crippen LogP contribution in [0.5, 0.6) is 0 Å². The maximum atomic E-state index is 13.1. The number of amides is 1. The Morgan fingerprint density at radius 2 is 1.66 bits per heavy atom. The fourth-order valence-electron chi connectivity index (χ4n) is 3.97. The minimum absolute atomic E-state index is 0.0830. The molecule has 4 rings (SSSR count). The molecule has 6 nitrogen and oxygen atoms in total. The number of hydrogen-bond acceptors (Lipinski definition) is 4. The zero-order valence-electron chi connectivity index (χ0n) is 18.0. The van der Waals surface area contributed by atoms with Gasteiger partial charge in [0.05, 0.1) is 10.0 Å². The number of ketones is 1. The standard InChI is InChI=1S/C24H24Cl2N4O2/c1-3-20-27-23(28-30(20)21-18(25)5-4-6-19(21)26)24(32)29-13-11-17(12-14-29)22(31)16-9-7-15(2)8-10-16/h4-10,17H,3,11-14H2,1-2H3. The highest BCUT2D eigenvalue weighted by Crippen LogP contribution is 2.29. The van der Waals surface area contributed by atoms with Crippen LogP contribution in [0.15, 0.2) is 42.5 Å². The molecule has 1 amide bonds. The molecule has 0 spiro atoms. The van der Waals surface area contributed by atoms with Crippen LogP contribution in [0.2, 0.25) is 10.0 Å². The van der Waals surface area contributed by atoms with Crippen molar-refractivity contribution in [1.29, 1.82) is 0 Å². The van der Waals surface area contributed by atoms with E-state index < -0.39 is 0 Å². The Labute approximate surface area is 197 Å². The summed E-state index contributed by atoms with van der Waals surface area (Å²) in [5.41, 5.74) is 2.37. The molecule has 1 saturated heterocycles. The van der Waals surface area contributed by atoms with Gasteiger partial charge in [0.1, 0.15) is 11.5 Å². The number of benzene rings is 2. The molecule has 0 atom stereocenters. The predicted molar refractivity (Wildman–Crippen MR) is 125 cm³/mol. The van der Waals surface area contributed by atoms with Gasteiger partial charge in [-0.2, -0.15) is 0 Å². The Hall–Kier alpha value is -2.70. The second-order valence-electron chi connectivity index (χ2n) is 7.98. The van der Waals surface area contributed by atoms with E-state index in [-0.39, 0.29) is 23.4 Å². The molecule has 166 valence electrons. The Morgan fingerprint density at radius 3 is 2.25 bits per heavy atom. The van der Waals surface area contributed by atoms with Crippen molar-refractivity contribution in [2.24, 2.45) is 5.92 Å². The molecule has 8 heteroatoms. The topological polar surface area (TPSA) is 68.1 Å². The van der Waals surface area contributed by atoms with Crippen molar-refractivity contribution in [1.82, 2.24) is 19.7 Å². The molecule has 0 saturated carbocycles. The zero-order valence-corrected chi connectivity index (χ0v) is 19.5. The third-order valence-electron chi connectivity index (χ3n) is 5.82. The molecule has 1 fully saturated rings. The van der Waals surface area contributed by atoms with Gasteiger partial charge in [0, 0.05) is 31.0 Å². The van der Waals surface area contributed by atoms with Crippen LogP contribution >= 0.6 is 23.2 Å². The number of aryl methyl sites for hydroxylation is 2. The molecule has 1 aliphatic heterocycles. The average molecular weight is 471 g/mol. The molecule has 1 aliphatic rings. The highest BCUT2D eigenvalue weighted by molar-refractivity contribution is 6.37. The first-order valence-corrected chi connectivity index (χ1v) is 11.4. The molecule has 32 heavy (non-hydrogen) atoms. The normalized spacial score (nSPS) is 14.6. The fraction of sp³-hybridized carbons (Fsp3) is 0.333. The van der Waals surface area contributed by atoms with Crippen molar-refractivity contribution in [3.05, 3.63) is 75.3 Å². The first kappa shape index (κ1) is 22.5. The molecular weight excluding hydrogens is 447 g/mol. The van der Waals surface area contributed by atoms with Crippen molar-refractivity contribution in [2.75, 3.05) is 13.1 Å². The van der Waals surface area contributed by atoms with E-state index in [0.717, 1.165) is 11.1 Å². The quantitative estimate of drug-likeness (QED) is 0.481. The van der Waals surface area contributed by atoms with Gasteiger partial charge in [0.25, 0.3) is 5.91 Å². The van der Waals surface area contributed by atoms with E-state index in [1.165, 1.54) is 0 Å². The lowest BCUT2D eigenvalue weighted by Gasteiger charge is -2.30. The zero-order chi connectivity index (χ0) is 22.8. The lowest BCUT2D eigenvalue weighted by molar-refractivity contribution is 0.0640. The maximum absolute atomic E-state index is 13.1. The van der Waals surface area contributed by atoms with Crippen LogP contribution in [-0.4, -0.2) is 44.4 Å². The number of para-hydroxylation sites is 1. The summed E-state index contributed by atoms with van der Waals surface area (Å²) in [4.78, 5) is 32.1. The summed E-state index contributed by atoms with van der Waals surface area (Å²) in [6.07, 6.45) is 1.81. The molecular formula is C24H24Cl2N4O2. The van der Waals surface area contributed by atoms with Crippen molar-refractivity contribution < 1.29 is 9.59 Å². The first-order chi connectivity index (χ1) is 15.4. The number of rotatable bonds is 5. The Balaban J connectivity index is 1.48. The van der Waals surface area contributed by atoms with E-state index in [1.807, 2.05) is 38.1 Å². The lowest BCUT2D eigenvalue weighted by Crippen LogP contribution is -2.40. The van der Waals surface area contributed by atoms with Crippen molar-refractivity contribution >= 4 is 34.9 Å². The van der Waals surface area contributed by atoms with Gasteiger partial charge in [-0.25, -0.2) is 9.67 Å². The minimum atomic E-state index is -0.247. The Morgan fingerprint density at radius 1 is 1.03 bits per heavy atom. The summed E-state index contributed by atoms with van der Waals surface area (Å²) in [6.45, 7) is 4.91. The number of nitrogens with zero attached hydrogens (tertiary/aromatic N) is 4. The largest absolute Gasteiger partial charge is 0.336 e. The average Bonchev–Trinajstić information content (AvgIpc) is 3.22. The minimum Gasteiger partial charge on any atom is -0.336 e. The van der Waals surface area contributed by atoms with Crippen LogP contribution in [0, 0.1) is 12.8 Å². The monoisotopic (exact) mass is 470 g/mol. The van der Waals surface area contributed by atoms with Gasteiger partial charge in [-0.3, -0.25) is 9.59 Å². The van der Waals surface area contributed by atoms with Crippen molar-refractivity contribution in [3.8, 4) is 5.69 Å². The molecule has 1 aromatic heterocycles. The smallest absolute Gasteiger partial charge is 0.293 e. The molecule has 0 N–H and O–H groups in total. The molecule has 0 bridgehead atoms. The lowest BCUT2D eigenvalue weighted by atomic mass is 9.88. The van der Waals surface area contributed by atoms with Crippen LogP contribution < -0.4 is 0 Å². The number of halogens is 2.